The van der Waals surface area contributed by atoms with Crippen molar-refractivity contribution in [1.29, 1.82) is 0 Å². The Morgan fingerprint density at radius 1 is 1.30 bits per heavy atom. The summed E-state index contributed by atoms with van der Waals surface area (Å²) in [5, 5.41) is 3.57. The molecule has 1 aliphatic rings. The molecule has 0 aliphatic carbocycles. The van der Waals surface area contributed by atoms with Crippen LogP contribution in [0.2, 0.25) is 0 Å². The monoisotopic (exact) mass is 280 g/mol. The summed E-state index contributed by atoms with van der Waals surface area (Å²) in [5.74, 6) is 0.807. The number of ether oxygens (including phenoxy) is 2. The third-order valence-corrected chi connectivity index (χ3v) is 3.63. The van der Waals surface area contributed by atoms with Crippen molar-refractivity contribution < 1.29 is 9.47 Å². The SMILES string of the molecule is COC(OC)C(C)NC1CCCN(c2ncccn2)C1. The second kappa shape index (κ2) is 7.52. The minimum atomic E-state index is -0.224. The van der Waals surface area contributed by atoms with Crippen molar-refractivity contribution in [2.24, 2.45) is 0 Å². The van der Waals surface area contributed by atoms with Crippen LogP contribution in [0.25, 0.3) is 0 Å². The van der Waals surface area contributed by atoms with Crippen LogP contribution in [0.5, 0.6) is 0 Å². The lowest BCUT2D eigenvalue weighted by Crippen LogP contribution is -2.52. The Balaban J connectivity index is 1.90. The molecule has 2 unspecified atom stereocenters. The Hall–Kier alpha value is -1.24. The number of rotatable bonds is 6. The third kappa shape index (κ3) is 3.88. The standard InChI is InChI=1S/C14H24N4O2/c1-11(13(19-2)20-3)17-12-6-4-9-18(10-12)14-15-7-5-8-16-14/h5,7-8,11-13,17H,4,6,9-10H2,1-3H3. The smallest absolute Gasteiger partial charge is 0.225 e. The number of nitrogens with one attached hydrogen (secondary N) is 1. The normalized spacial score (nSPS) is 21.2. The molecule has 1 N–H and O–H groups in total. The maximum absolute atomic E-state index is 5.29. The Bertz CT molecular complexity index is 386. The van der Waals surface area contributed by atoms with Gasteiger partial charge in [0.05, 0.1) is 6.04 Å². The number of nitrogens with zero attached hydrogens (tertiary/aromatic N) is 3. The fraction of sp³-hybridized carbons (Fsp3) is 0.714. The molecule has 1 fully saturated rings. The van der Waals surface area contributed by atoms with Gasteiger partial charge in [-0.15, -0.1) is 0 Å². The van der Waals surface area contributed by atoms with Crippen molar-refractivity contribution in [2.75, 3.05) is 32.2 Å². The van der Waals surface area contributed by atoms with Crippen molar-refractivity contribution in [2.45, 2.75) is 38.1 Å². The van der Waals surface area contributed by atoms with Gasteiger partial charge in [0.25, 0.3) is 0 Å². The maximum Gasteiger partial charge on any atom is 0.225 e. The fourth-order valence-corrected chi connectivity index (χ4v) is 2.70. The quantitative estimate of drug-likeness (QED) is 0.786. The molecule has 6 heteroatoms. The summed E-state index contributed by atoms with van der Waals surface area (Å²) in [6.45, 7) is 4.00. The van der Waals surface area contributed by atoms with Gasteiger partial charge in [-0.3, -0.25) is 0 Å². The zero-order valence-corrected chi connectivity index (χ0v) is 12.5. The first kappa shape index (κ1) is 15.2. The molecule has 2 heterocycles. The molecule has 0 radical (unpaired) electrons. The summed E-state index contributed by atoms with van der Waals surface area (Å²) < 4.78 is 10.6. The highest BCUT2D eigenvalue weighted by atomic mass is 16.7. The lowest BCUT2D eigenvalue weighted by atomic mass is 10.0. The number of hydrogen-bond acceptors (Lipinski definition) is 6. The molecule has 1 aromatic heterocycles. The predicted octanol–water partition coefficient (Wildman–Crippen LogP) is 1.04. The van der Waals surface area contributed by atoms with E-state index in [0.29, 0.717) is 6.04 Å². The largest absolute Gasteiger partial charge is 0.354 e. The van der Waals surface area contributed by atoms with E-state index < -0.39 is 0 Å². The van der Waals surface area contributed by atoms with Gasteiger partial charge in [-0.25, -0.2) is 9.97 Å². The van der Waals surface area contributed by atoms with E-state index in [1.165, 1.54) is 0 Å². The topological polar surface area (TPSA) is 59.5 Å². The van der Waals surface area contributed by atoms with Crippen molar-refractivity contribution in [3.63, 3.8) is 0 Å². The summed E-state index contributed by atoms with van der Waals surface area (Å²) in [7, 11) is 3.33. The number of piperidine rings is 1. The van der Waals surface area contributed by atoms with E-state index in [-0.39, 0.29) is 12.3 Å². The molecule has 6 nitrogen and oxygen atoms in total. The summed E-state index contributed by atoms with van der Waals surface area (Å²) in [5.41, 5.74) is 0. The van der Waals surface area contributed by atoms with Crippen molar-refractivity contribution in [3.8, 4) is 0 Å². The van der Waals surface area contributed by atoms with Crippen molar-refractivity contribution >= 4 is 5.95 Å². The Labute approximate surface area is 120 Å². The van der Waals surface area contributed by atoms with E-state index in [2.05, 4.69) is 27.1 Å². The second-order valence-electron chi connectivity index (χ2n) is 5.13. The van der Waals surface area contributed by atoms with E-state index in [0.717, 1.165) is 31.9 Å². The van der Waals surface area contributed by atoms with Crippen LogP contribution in [-0.2, 0) is 9.47 Å². The maximum atomic E-state index is 5.29. The summed E-state index contributed by atoms with van der Waals surface area (Å²) in [4.78, 5) is 10.9. The van der Waals surface area contributed by atoms with Crippen molar-refractivity contribution in [3.05, 3.63) is 18.5 Å². The zero-order valence-electron chi connectivity index (χ0n) is 12.5. The van der Waals surface area contributed by atoms with Gasteiger partial charge in [0.1, 0.15) is 0 Å². The molecule has 112 valence electrons. The average Bonchev–Trinajstić information content (AvgIpc) is 2.49. The second-order valence-corrected chi connectivity index (χ2v) is 5.13. The minimum Gasteiger partial charge on any atom is -0.354 e. The lowest BCUT2D eigenvalue weighted by Gasteiger charge is -2.35. The Kier molecular flexibility index (Phi) is 5.70. The molecule has 0 spiro atoms. The molecular formula is C14H24N4O2. The number of hydrogen-bond donors (Lipinski definition) is 1. The lowest BCUT2D eigenvalue weighted by molar-refractivity contribution is -0.121. The number of aromatic nitrogens is 2. The summed E-state index contributed by atoms with van der Waals surface area (Å²) in [6, 6.07) is 2.38. The summed E-state index contributed by atoms with van der Waals surface area (Å²) >= 11 is 0. The molecule has 1 aliphatic heterocycles. The van der Waals surface area contributed by atoms with Crippen LogP contribution in [0.15, 0.2) is 18.5 Å². The van der Waals surface area contributed by atoms with Gasteiger partial charge in [-0.2, -0.15) is 0 Å². The molecule has 0 aromatic carbocycles. The van der Waals surface area contributed by atoms with Crippen LogP contribution in [-0.4, -0.2) is 55.7 Å². The van der Waals surface area contributed by atoms with Crippen LogP contribution < -0.4 is 10.2 Å². The van der Waals surface area contributed by atoms with E-state index in [1.54, 1.807) is 26.6 Å². The number of methoxy groups -OCH3 is 2. The Morgan fingerprint density at radius 2 is 2.00 bits per heavy atom. The highest BCUT2D eigenvalue weighted by molar-refractivity contribution is 5.29. The molecule has 1 aromatic rings. The Morgan fingerprint density at radius 3 is 2.65 bits per heavy atom. The van der Waals surface area contributed by atoms with Gasteiger partial charge in [-0.05, 0) is 25.8 Å². The van der Waals surface area contributed by atoms with Crippen LogP contribution in [0.4, 0.5) is 5.95 Å². The molecule has 0 amide bonds. The number of anilines is 1. The van der Waals surface area contributed by atoms with Gasteiger partial charge in [0.2, 0.25) is 5.95 Å². The van der Waals surface area contributed by atoms with Gasteiger partial charge in [0, 0.05) is 45.7 Å². The van der Waals surface area contributed by atoms with Crippen LogP contribution in [0.1, 0.15) is 19.8 Å². The molecule has 1 saturated heterocycles. The third-order valence-electron chi connectivity index (χ3n) is 3.63. The first-order chi connectivity index (χ1) is 9.74. The van der Waals surface area contributed by atoms with E-state index in [4.69, 9.17) is 9.47 Å². The van der Waals surface area contributed by atoms with E-state index >= 15 is 0 Å². The fourth-order valence-electron chi connectivity index (χ4n) is 2.70. The van der Waals surface area contributed by atoms with Crippen LogP contribution in [0.3, 0.4) is 0 Å². The summed E-state index contributed by atoms with van der Waals surface area (Å²) in [6.07, 6.45) is 5.63. The van der Waals surface area contributed by atoms with Crippen LogP contribution in [0, 0.1) is 0 Å². The predicted molar refractivity (Wildman–Crippen MR) is 77.7 cm³/mol. The molecule has 2 rings (SSSR count). The molecule has 0 bridgehead atoms. The first-order valence-corrected chi connectivity index (χ1v) is 7.08. The minimum absolute atomic E-state index is 0.145. The molecule has 20 heavy (non-hydrogen) atoms. The molecular weight excluding hydrogens is 256 g/mol. The molecule has 0 saturated carbocycles. The zero-order chi connectivity index (χ0) is 14.4. The van der Waals surface area contributed by atoms with E-state index in [1.807, 2.05) is 6.07 Å². The molecule has 2 atom stereocenters. The van der Waals surface area contributed by atoms with Gasteiger partial charge in [-0.1, -0.05) is 0 Å². The highest BCUT2D eigenvalue weighted by Crippen LogP contribution is 2.16. The van der Waals surface area contributed by atoms with Gasteiger partial charge < -0.3 is 19.7 Å². The van der Waals surface area contributed by atoms with Gasteiger partial charge in [0.15, 0.2) is 6.29 Å². The average molecular weight is 280 g/mol. The van der Waals surface area contributed by atoms with E-state index in [9.17, 15) is 0 Å². The highest BCUT2D eigenvalue weighted by Gasteiger charge is 2.25. The van der Waals surface area contributed by atoms with Crippen molar-refractivity contribution in [1.82, 2.24) is 15.3 Å². The van der Waals surface area contributed by atoms with Gasteiger partial charge >= 0.3 is 0 Å². The first-order valence-electron chi connectivity index (χ1n) is 7.08. The van der Waals surface area contributed by atoms with Crippen LogP contribution >= 0.6 is 0 Å².